The van der Waals surface area contributed by atoms with Gasteiger partial charge in [-0.3, -0.25) is 0 Å². The summed E-state index contributed by atoms with van der Waals surface area (Å²) in [5.74, 6) is 0. The van der Waals surface area contributed by atoms with Crippen molar-refractivity contribution in [2.24, 2.45) is 0 Å². The largest absolute Gasteiger partial charge is 0.394 e. The van der Waals surface area contributed by atoms with E-state index >= 15 is 0 Å². The van der Waals surface area contributed by atoms with Gasteiger partial charge in [-0.2, -0.15) is 0 Å². The first-order chi connectivity index (χ1) is 9.11. The van der Waals surface area contributed by atoms with E-state index in [1.165, 1.54) is 0 Å². The monoisotopic (exact) mass is 280 g/mol. The molecule has 0 saturated carbocycles. The van der Waals surface area contributed by atoms with Gasteiger partial charge in [-0.05, 0) is 17.8 Å². The number of benzene rings is 1. The van der Waals surface area contributed by atoms with Gasteiger partial charge in [0.1, 0.15) is 12.2 Å². The lowest BCUT2D eigenvalue weighted by Gasteiger charge is -2.13. The van der Waals surface area contributed by atoms with Gasteiger partial charge in [-0.1, -0.05) is 30.3 Å². The third-order valence-electron chi connectivity index (χ3n) is 2.87. The van der Waals surface area contributed by atoms with Crippen molar-refractivity contribution in [3.05, 3.63) is 52.6 Å². The van der Waals surface area contributed by atoms with Crippen molar-refractivity contribution in [3.63, 3.8) is 0 Å². The van der Waals surface area contributed by atoms with E-state index in [0.717, 1.165) is 5.56 Å². The molecule has 0 fully saturated rings. The third kappa shape index (κ3) is 3.30. The SMILES string of the molecule is OC[C@@H](O)[C@H](O)c1cn(Cc2ccccc2)c(=S)[nH]1. The summed E-state index contributed by atoms with van der Waals surface area (Å²) in [5.41, 5.74) is 1.48. The van der Waals surface area contributed by atoms with Gasteiger partial charge in [0.2, 0.25) is 0 Å². The van der Waals surface area contributed by atoms with Crippen molar-refractivity contribution >= 4 is 12.2 Å². The number of aliphatic hydroxyl groups excluding tert-OH is 3. The van der Waals surface area contributed by atoms with E-state index in [9.17, 15) is 10.2 Å². The molecule has 0 saturated heterocycles. The van der Waals surface area contributed by atoms with E-state index in [1.807, 2.05) is 30.3 Å². The Morgan fingerprint density at radius 3 is 2.53 bits per heavy atom. The van der Waals surface area contributed by atoms with Crippen LogP contribution in [0.1, 0.15) is 17.4 Å². The lowest BCUT2D eigenvalue weighted by atomic mass is 10.1. The summed E-state index contributed by atoms with van der Waals surface area (Å²) in [7, 11) is 0. The molecule has 1 heterocycles. The van der Waals surface area contributed by atoms with Gasteiger partial charge < -0.3 is 24.9 Å². The van der Waals surface area contributed by atoms with E-state index in [4.69, 9.17) is 17.3 Å². The van der Waals surface area contributed by atoms with Crippen LogP contribution in [0, 0.1) is 4.77 Å². The Morgan fingerprint density at radius 1 is 1.21 bits per heavy atom. The summed E-state index contributed by atoms with van der Waals surface area (Å²) in [6, 6.07) is 9.78. The van der Waals surface area contributed by atoms with Crippen LogP contribution >= 0.6 is 12.2 Å². The van der Waals surface area contributed by atoms with Gasteiger partial charge in [-0.25, -0.2) is 0 Å². The number of nitrogens with one attached hydrogen (secondary N) is 1. The second-order valence-electron chi connectivity index (χ2n) is 4.32. The van der Waals surface area contributed by atoms with Crippen LogP contribution in [-0.2, 0) is 6.54 Å². The minimum Gasteiger partial charge on any atom is -0.394 e. The van der Waals surface area contributed by atoms with Gasteiger partial charge in [0.25, 0.3) is 0 Å². The lowest BCUT2D eigenvalue weighted by molar-refractivity contribution is -0.0171. The number of imidazole rings is 1. The van der Waals surface area contributed by atoms with Crippen molar-refractivity contribution in [1.82, 2.24) is 9.55 Å². The predicted molar refractivity (Wildman–Crippen MR) is 73.2 cm³/mol. The van der Waals surface area contributed by atoms with Crippen LogP contribution in [-0.4, -0.2) is 37.6 Å². The Hall–Kier alpha value is -1.47. The normalized spacial score (nSPS) is 14.3. The lowest BCUT2D eigenvalue weighted by Crippen LogP contribution is -2.22. The molecule has 102 valence electrons. The van der Waals surface area contributed by atoms with Crippen LogP contribution in [0.5, 0.6) is 0 Å². The molecular formula is C13H16N2O3S. The molecule has 6 heteroatoms. The highest BCUT2D eigenvalue weighted by atomic mass is 32.1. The zero-order valence-electron chi connectivity index (χ0n) is 10.2. The number of rotatable bonds is 5. The van der Waals surface area contributed by atoms with E-state index in [1.54, 1.807) is 10.8 Å². The smallest absolute Gasteiger partial charge is 0.177 e. The first-order valence-corrected chi connectivity index (χ1v) is 6.33. The minimum absolute atomic E-state index is 0.391. The van der Waals surface area contributed by atoms with Crippen molar-refractivity contribution in [2.45, 2.75) is 18.8 Å². The number of H-pyrrole nitrogens is 1. The Balaban J connectivity index is 2.20. The Bertz CT molecular complexity index is 579. The van der Waals surface area contributed by atoms with Crippen molar-refractivity contribution in [3.8, 4) is 0 Å². The fourth-order valence-corrected chi connectivity index (χ4v) is 2.04. The fraction of sp³-hybridized carbons (Fsp3) is 0.308. The first-order valence-electron chi connectivity index (χ1n) is 5.92. The maximum absolute atomic E-state index is 9.79. The van der Waals surface area contributed by atoms with Gasteiger partial charge in [-0.15, -0.1) is 0 Å². The molecule has 5 nitrogen and oxygen atoms in total. The molecule has 1 aromatic heterocycles. The van der Waals surface area contributed by atoms with E-state index in [-0.39, 0.29) is 0 Å². The summed E-state index contributed by atoms with van der Waals surface area (Å²) in [5, 5.41) is 28.0. The van der Waals surface area contributed by atoms with Crippen molar-refractivity contribution < 1.29 is 15.3 Å². The maximum atomic E-state index is 9.79. The summed E-state index contributed by atoms with van der Waals surface area (Å²) >= 11 is 5.17. The topological polar surface area (TPSA) is 81.4 Å². The molecule has 0 aliphatic heterocycles. The molecule has 2 atom stereocenters. The van der Waals surface area contributed by atoms with Crippen LogP contribution in [0.2, 0.25) is 0 Å². The molecule has 0 aliphatic rings. The number of hydrogen-bond donors (Lipinski definition) is 4. The third-order valence-corrected chi connectivity index (χ3v) is 3.21. The molecule has 2 rings (SSSR count). The maximum Gasteiger partial charge on any atom is 0.177 e. The van der Waals surface area contributed by atoms with Gasteiger partial charge >= 0.3 is 0 Å². The minimum atomic E-state index is -1.22. The van der Waals surface area contributed by atoms with Crippen molar-refractivity contribution in [2.75, 3.05) is 6.61 Å². The second kappa shape index (κ2) is 6.12. The highest BCUT2D eigenvalue weighted by Crippen LogP contribution is 2.16. The molecule has 0 aliphatic carbocycles. The van der Waals surface area contributed by atoms with Crippen LogP contribution in [0.25, 0.3) is 0 Å². The van der Waals surface area contributed by atoms with Gasteiger partial charge in [0, 0.05) is 12.7 Å². The quantitative estimate of drug-likeness (QED) is 0.615. The van der Waals surface area contributed by atoms with Gasteiger partial charge in [0.15, 0.2) is 4.77 Å². The highest BCUT2D eigenvalue weighted by Gasteiger charge is 2.19. The number of aromatic nitrogens is 2. The molecule has 0 bridgehead atoms. The Labute approximate surface area is 115 Å². The average molecular weight is 280 g/mol. The zero-order valence-corrected chi connectivity index (χ0v) is 11.0. The fourth-order valence-electron chi connectivity index (χ4n) is 1.81. The summed E-state index contributed by atoms with van der Waals surface area (Å²) in [4.78, 5) is 2.84. The predicted octanol–water partition coefficient (Wildman–Crippen LogP) is 0.981. The average Bonchev–Trinajstić information content (AvgIpc) is 2.79. The first kappa shape index (κ1) is 14.0. The van der Waals surface area contributed by atoms with Crippen LogP contribution < -0.4 is 0 Å². The molecule has 0 radical (unpaired) electrons. The summed E-state index contributed by atoms with van der Waals surface area (Å²) < 4.78 is 2.23. The Kier molecular flexibility index (Phi) is 4.49. The molecule has 2 aromatic rings. The molecule has 0 amide bonds. The standard InChI is InChI=1S/C13H16N2O3S/c16-8-11(17)12(18)10-7-15(13(19)14-10)6-9-4-2-1-3-5-9/h1-5,7,11-12,16-18H,6,8H2,(H,14,19)/t11-,12-/m1/s1. The van der Waals surface area contributed by atoms with Crippen LogP contribution in [0.4, 0.5) is 0 Å². The van der Waals surface area contributed by atoms with Gasteiger partial charge in [0.05, 0.1) is 12.3 Å². The Morgan fingerprint density at radius 2 is 1.89 bits per heavy atom. The molecule has 19 heavy (non-hydrogen) atoms. The number of nitrogens with zero attached hydrogens (tertiary/aromatic N) is 1. The van der Waals surface area contributed by atoms with Crippen LogP contribution in [0.15, 0.2) is 36.5 Å². The highest BCUT2D eigenvalue weighted by molar-refractivity contribution is 7.71. The van der Waals surface area contributed by atoms with E-state index in [2.05, 4.69) is 4.98 Å². The van der Waals surface area contributed by atoms with E-state index < -0.39 is 18.8 Å². The molecular weight excluding hydrogens is 264 g/mol. The van der Waals surface area contributed by atoms with Crippen LogP contribution in [0.3, 0.4) is 0 Å². The summed E-state index contributed by atoms with van der Waals surface area (Å²) in [6.07, 6.45) is -0.749. The summed E-state index contributed by atoms with van der Waals surface area (Å²) in [6.45, 7) is 0.0732. The number of hydrogen-bond acceptors (Lipinski definition) is 4. The molecule has 0 unspecified atom stereocenters. The zero-order chi connectivity index (χ0) is 13.8. The molecule has 0 spiro atoms. The van der Waals surface area contributed by atoms with Crippen molar-refractivity contribution in [1.29, 1.82) is 0 Å². The van der Waals surface area contributed by atoms with E-state index in [0.29, 0.717) is 17.0 Å². The number of aromatic amines is 1. The number of aliphatic hydroxyl groups is 3. The molecule has 4 N–H and O–H groups in total. The second-order valence-corrected chi connectivity index (χ2v) is 4.71. The molecule has 1 aromatic carbocycles.